The minimum absolute atomic E-state index is 0.135. The maximum absolute atomic E-state index is 6.15. The number of nitrogens with two attached hydrogens (primary N) is 1. The zero-order valence-corrected chi connectivity index (χ0v) is 11.6. The second kappa shape index (κ2) is 5.61. The predicted octanol–water partition coefficient (Wildman–Crippen LogP) is 1.73. The standard InChI is InChI=1S/C16H25N3/c17-13-16(18-12-14-6-2-1-3-7-14)9-11-19-10-5-4-8-15(16)19/h1-3,6-7,15,18H,4-5,8-13,17H2. The Morgan fingerprint density at radius 3 is 2.84 bits per heavy atom. The van der Waals surface area contributed by atoms with Gasteiger partial charge in [-0.2, -0.15) is 0 Å². The Morgan fingerprint density at radius 1 is 1.21 bits per heavy atom. The van der Waals surface area contributed by atoms with E-state index in [0.29, 0.717) is 6.04 Å². The molecule has 3 rings (SSSR count). The highest BCUT2D eigenvalue weighted by molar-refractivity contribution is 5.16. The lowest BCUT2D eigenvalue weighted by molar-refractivity contribution is 0.139. The molecule has 2 aliphatic rings. The van der Waals surface area contributed by atoms with E-state index in [4.69, 9.17) is 5.73 Å². The van der Waals surface area contributed by atoms with Crippen molar-refractivity contribution in [1.82, 2.24) is 10.2 Å². The summed E-state index contributed by atoms with van der Waals surface area (Å²) in [7, 11) is 0. The number of rotatable bonds is 4. The molecule has 2 unspecified atom stereocenters. The third-order valence-electron chi connectivity index (χ3n) is 4.95. The average molecular weight is 259 g/mol. The van der Waals surface area contributed by atoms with Gasteiger partial charge < -0.3 is 11.1 Å². The molecule has 104 valence electrons. The van der Waals surface area contributed by atoms with E-state index < -0.39 is 0 Å². The van der Waals surface area contributed by atoms with Crippen LogP contribution in [0.4, 0.5) is 0 Å². The van der Waals surface area contributed by atoms with Crippen molar-refractivity contribution in [1.29, 1.82) is 0 Å². The molecule has 3 N–H and O–H groups in total. The van der Waals surface area contributed by atoms with Crippen LogP contribution < -0.4 is 11.1 Å². The predicted molar refractivity (Wildman–Crippen MR) is 78.9 cm³/mol. The van der Waals surface area contributed by atoms with Crippen molar-refractivity contribution >= 4 is 0 Å². The molecule has 0 saturated carbocycles. The topological polar surface area (TPSA) is 41.3 Å². The van der Waals surface area contributed by atoms with Gasteiger partial charge in [-0.05, 0) is 31.4 Å². The lowest BCUT2D eigenvalue weighted by Crippen LogP contribution is -2.59. The third kappa shape index (κ3) is 2.55. The molecule has 0 radical (unpaired) electrons. The summed E-state index contributed by atoms with van der Waals surface area (Å²) >= 11 is 0. The number of hydrogen-bond donors (Lipinski definition) is 2. The molecule has 2 atom stereocenters. The van der Waals surface area contributed by atoms with Crippen LogP contribution in [0.2, 0.25) is 0 Å². The van der Waals surface area contributed by atoms with E-state index >= 15 is 0 Å². The molecule has 2 heterocycles. The van der Waals surface area contributed by atoms with Gasteiger partial charge in [-0.15, -0.1) is 0 Å². The van der Waals surface area contributed by atoms with Crippen LogP contribution in [-0.4, -0.2) is 36.1 Å². The highest BCUT2D eigenvalue weighted by Crippen LogP contribution is 2.34. The smallest absolute Gasteiger partial charge is 0.0476 e. The molecule has 2 saturated heterocycles. The summed E-state index contributed by atoms with van der Waals surface area (Å²) in [6.45, 7) is 4.16. The number of nitrogens with one attached hydrogen (secondary N) is 1. The minimum atomic E-state index is 0.135. The molecule has 19 heavy (non-hydrogen) atoms. The van der Waals surface area contributed by atoms with Gasteiger partial charge in [-0.25, -0.2) is 0 Å². The van der Waals surface area contributed by atoms with E-state index in [2.05, 4.69) is 40.5 Å². The lowest BCUT2D eigenvalue weighted by Gasteiger charge is -2.41. The Kier molecular flexibility index (Phi) is 3.87. The molecule has 0 amide bonds. The van der Waals surface area contributed by atoms with Gasteiger partial charge in [0.05, 0.1) is 0 Å². The number of fused-ring (bicyclic) bond motifs is 1. The Balaban J connectivity index is 1.69. The maximum Gasteiger partial charge on any atom is 0.0476 e. The molecular formula is C16H25N3. The van der Waals surface area contributed by atoms with Gasteiger partial charge in [-0.1, -0.05) is 36.8 Å². The van der Waals surface area contributed by atoms with Crippen LogP contribution in [0, 0.1) is 0 Å². The molecule has 2 fully saturated rings. The van der Waals surface area contributed by atoms with E-state index in [0.717, 1.165) is 13.1 Å². The van der Waals surface area contributed by atoms with Crippen molar-refractivity contribution in [3.05, 3.63) is 35.9 Å². The Bertz CT molecular complexity index is 406. The third-order valence-corrected chi connectivity index (χ3v) is 4.95. The van der Waals surface area contributed by atoms with E-state index in [1.807, 2.05) is 0 Å². The van der Waals surface area contributed by atoms with Gasteiger partial charge in [0.25, 0.3) is 0 Å². The average Bonchev–Trinajstić information content (AvgIpc) is 2.86. The van der Waals surface area contributed by atoms with Crippen molar-refractivity contribution in [2.45, 2.75) is 43.8 Å². The summed E-state index contributed by atoms with van der Waals surface area (Å²) in [4.78, 5) is 2.65. The molecular weight excluding hydrogens is 234 g/mol. The van der Waals surface area contributed by atoms with Gasteiger partial charge >= 0.3 is 0 Å². The van der Waals surface area contributed by atoms with Crippen molar-refractivity contribution < 1.29 is 0 Å². The SMILES string of the molecule is NCC1(NCc2ccccc2)CCN2CCCCC21. The van der Waals surface area contributed by atoms with Gasteiger partial charge in [0.15, 0.2) is 0 Å². The fourth-order valence-corrected chi connectivity index (χ4v) is 3.78. The summed E-state index contributed by atoms with van der Waals surface area (Å²) in [6, 6.07) is 11.3. The van der Waals surface area contributed by atoms with Gasteiger partial charge in [-0.3, -0.25) is 4.90 Å². The summed E-state index contributed by atoms with van der Waals surface area (Å²) in [5, 5.41) is 3.79. The van der Waals surface area contributed by atoms with E-state index in [-0.39, 0.29) is 5.54 Å². The molecule has 0 bridgehead atoms. The number of piperidine rings is 1. The van der Waals surface area contributed by atoms with Gasteiger partial charge in [0, 0.05) is 31.2 Å². The summed E-state index contributed by atoms with van der Waals surface area (Å²) in [5.74, 6) is 0. The largest absolute Gasteiger partial charge is 0.329 e. The first kappa shape index (κ1) is 13.1. The number of benzene rings is 1. The Morgan fingerprint density at radius 2 is 2.05 bits per heavy atom. The summed E-state index contributed by atoms with van der Waals surface area (Å²) in [6.07, 6.45) is 5.21. The van der Waals surface area contributed by atoms with E-state index in [9.17, 15) is 0 Å². The molecule has 3 heteroatoms. The van der Waals surface area contributed by atoms with Crippen LogP contribution in [0.15, 0.2) is 30.3 Å². The first-order valence-electron chi connectivity index (χ1n) is 7.57. The fraction of sp³-hybridized carbons (Fsp3) is 0.625. The zero-order chi connectivity index (χ0) is 13.1. The van der Waals surface area contributed by atoms with Crippen molar-refractivity contribution in [3.63, 3.8) is 0 Å². The van der Waals surface area contributed by atoms with Gasteiger partial charge in [0.2, 0.25) is 0 Å². The minimum Gasteiger partial charge on any atom is -0.329 e. The van der Waals surface area contributed by atoms with Crippen LogP contribution in [0.25, 0.3) is 0 Å². The molecule has 0 aromatic heterocycles. The molecule has 3 nitrogen and oxygen atoms in total. The molecule has 0 spiro atoms. The van der Waals surface area contributed by atoms with Crippen molar-refractivity contribution in [2.75, 3.05) is 19.6 Å². The highest BCUT2D eigenvalue weighted by Gasteiger charge is 2.46. The molecule has 0 aliphatic carbocycles. The molecule has 1 aromatic carbocycles. The highest BCUT2D eigenvalue weighted by atomic mass is 15.3. The summed E-state index contributed by atoms with van der Waals surface area (Å²) < 4.78 is 0. The van der Waals surface area contributed by atoms with Crippen LogP contribution >= 0.6 is 0 Å². The fourth-order valence-electron chi connectivity index (χ4n) is 3.78. The maximum atomic E-state index is 6.15. The summed E-state index contributed by atoms with van der Waals surface area (Å²) in [5.41, 5.74) is 7.64. The zero-order valence-electron chi connectivity index (χ0n) is 11.6. The monoisotopic (exact) mass is 259 g/mol. The number of hydrogen-bond acceptors (Lipinski definition) is 3. The van der Waals surface area contributed by atoms with Gasteiger partial charge in [0.1, 0.15) is 0 Å². The molecule has 2 aliphatic heterocycles. The first-order chi connectivity index (χ1) is 9.34. The second-order valence-corrected chi connectivity index (χ2v) is 6.00. The van der Waals surface area contributed by atoms with E-state index in [1.165, 1.54) is 44.3 Å². The van der Waals surface area contributed by atoms with Crippen molar-refractivity contribution in [2.24, 2.45) is 5.73 Å². The Labute approximate surface area is 116 Å². The Hall–Kier alpha value is -0.900. The normalized spacial score (nSPS) is 31.3. The number of nitrogens with zero attached hydrogens (tertiary/aromatic N) is 1. The lowest BCUT2D eigenvalue weighted by atomic mass is 9.85. The first-order valence-corrected chi connectivity index (χ1v) is 7.57. The van der Waals surface area contributed by atoms with Crippen LogP contribution in [-0.2, 0) is 6.54 Å². The second-order valence-electron chi connectivity index (χ2n) is 6.00. The molecule has 1 aromatic rings. The van der Waals surface area contributed by atoms with Crippen molar-refractivity contribution in [3.8, 4) is 0 Å². The van der Waals surface area contributed by atoms with Crippen LogP contribution in [0.1, 0.15) is 31.2 Å². The van der Waals surface area contributed by atoms with Crippen LogP contribution in [0.5, 0.6) is 0 Å². The van der Waals surface area contributed by atoms with Crippen LogP contribution in [0.3, 0.4) is 0 Å². The quantitative estimate of drug-likeness (QED) is 0.865. The van der Waals surface area contributed by atoms with E-state index in [1.54, 1.807) is 0 Å².